The van der Waals surface area contributed by atoms with E-state index in [0.717, 1.165) is 5.56 Å². The minimum absolute atomic E-state index is 0.279. The van der Waals surface area contributed by atoms with Crippen LogP contribution < -0.4 is 10.1 Å². The van der Waals surface area contributed by atoms with Crippen molar-refractivity contribution < 1.29 is 13.9 Å². The first kappa shape index (κ1) is 15.6. The molecule has 3 aromatic rings. The molecule has 5 nitrogen and oxygen atoms in total. The first-order chi connectivity index (χ1) is 11.8. The van der Waals surface area contributed by atoms with E-state index in [-0.39, 0.29) is 5.91 Å². The highest BCUT2D eigenvalue weighted by atomic mass is 16.5. The molecule has 0 fully saturated rings. The van der Waals surface area contributed by atoms with Crippen LogP contribution in [-0.4, -0.2) is 18.0 Å². The van der Waals surface area contributed by atoms with Gasteiger partial charge in [0.1, 0.15) is 17.3 Å². The monoisotopic (exact) mass is 320 g/mol. The number of pyridine rings is 1. The Morgan fingerprint density at radius 3 is 2.79 bits per heavy atom. The number of anilines is 1. The third-order valence-electron chi connectivity index (χ3n) is 3.36. The first-order valence-electron chi connectivity index (χ1n) is 7.38. The molecule has 0 unspecified atom stereocenters. The number of carbonyl (C=O) groups excluding carboxylic acids is 1. The SMILES string of the molecule is COc1cccc(/C(=C\c2ccco2)C(=O)Nc2ccccn2)c1. The van der Waals surface area contributed by atoms with E-state index >= 15 is 0 Å². The smallest absolute Gasteiger partial charge is 0.257 e. The van der Waals surface area contributed by atoms with Gasteiger partial charge in [-0.25, -0.2) is 4.98 Å². The number of ether oxygens (including phenoxy) is 1. The fraction of sp³-hybridized carbons (Fsp3) is 0.0526. The van der Waals surface area contributed by atoms with E-state index in [2.05, 4.69) is 10.3 Å². The van der Waals surface area contributed by atoms with Crippen LogP contribution in [0, 0.1) is 0 Å². The van der Waals surface area contributed by atoms with Crippen LogP contribution in [0.2, 0.25) is 0 Å². The van der Waals surface area contributed by atoms with Gasteiger partial charge in [0.25, 0.3) is 5.91 Å². The second kappa shape index (κ2) is 7.28. The largest absolute Gasteiger partial charge is 0.497 e. The molecule has 24 heavy (non-hydrogen) atoms. The fourth-order valence-electron chi connectivity index (χ4n) is 2.21. The number of methoxy groups -OCH3 is 1. The average molecular weight is 320 g/mol. The van der Waals surface area contributed by atoms with Gasteiger partial charge in [0.15, 0.2) is 0 Å². The van der Waals surface area contributed by atoms with Crippen LogP contribution in [0.5, 0.6) is 5.75 Å². The van der Waals surface area contributed by atoms with Crippen LogP contribution in [0.3, 0.4) is 0 Å². The summed E-state index contributed by atoms with van der Waals surface area (Å²) in [5, 5.41) is 2.79. The Bertz CT molecular complexity index is 840. The van der Waals surface area contributed by atoms with Gasteiger partial charge in [0.2, 0.25) is 0 Å². The molecule has 2 heterocycles. The van der Waals surface area contributed by atoms with Gasteiger partial charge in [0.05, 0.1) is 18.9 Å². The van der Waals surface area contributed by atoms with Crippen LogP contribution >= 0.6 is 0 Å². The molecule has 0 saturated heterocycles. The lowest BCUT2D eigenvalue weighted by Gasteiger charge is -2.10. The number of amides is 1. The number of benzene rings is 1. The Morgan fingerprint density at radius 2 is 2.08 bits per heavy atom. The van der Waals surface area contributed by atoms with Gasteiger partial charge in [-0.05, 0) is 48.0 Å². The highest BCUT2D eigenvalue weighted by molar-refractivity contribution is 6.28. The summed E-state index contributed by atoms with van der Waals surface area (Å²) in [5.74, 6) is 1.46. The highest BCUT2D eigenvalue weighted by Crippen LogP contribution is 2.24. The van der Waals surface area contributed by atoms with Crippen LogP contribution in [0.4, 0.5) is 5.82 Å². The number of hydrogen-bond donors (Lipinski definition) is 1. The third kappa shape index (κ3) is 3.70. The number of rotatable bonds is 5. The minimum Gasteiger partial charge on any atom is -0.497 e. The molecule has 1 N–H and O–H groups in total. The van der Waals surface area contributed by atoms with Crippen molar-refractivity contribution in [1.82, 2.24) is 4.98 Å². The van der Waals surface area contributed by atoms with E-state index in [9.17, 15) is 4.79 Å². The first-order valence-corrected chi connectivity index (χ1v) is 7.38. The standard InChI is InChI=1S/C19H16N2O3/c1-23-15-7-4-6-14(12-15)17(13-16-8-5-11-24-16)19(22)21-18-9-2-3-10-20-18/h2-13H,1H3,(H,20,21,22)/b17-13+. The van der Waals surface area contributed by atoms with Crippen LogP contribution in [0.25, 0.3) is 11.6 Å². The van der Waals surface area contributed by atoms with Gasteiger partial charge < -0.3 is 14.5 Å². The molecule has 0 atom stereocenters. The molecule has 0 saturated carbocycles. The van der Waals surface area contributed by atoms with E-state index in [1.54, 1.807) is 56.0 Å². The molecule has 0 aliphatic rings. The van der Waals surface area contributed by atoms with Gasteiger partial charge >= 0.3 is 0 Å². The van der Waals surface area contributed by atoms with Crippen molar-refractivity contribution in [2.45, 2.75) is 0 Å². The lowest BCUT2D eigenvalue weighted by Crippen LogP contribution is -2.14. The van der Waals surface area contributed by atoms with Crippen LogP contribution in [-0.2, 0) is 4.79 Å². The lowest BCUT2D eigenvalue weighted by molar-refractivity contribution is -0.111. The Morgan fingerprint density at radius 1 is 1.17 bits per heavy atom. The molecule has 1 amide bonds. The predicted molar refractivity (Wildman–Crippen MR) is 92.4 cm³/mol. The Kier molecular flexibility index (Phi) is 4.72. The maximum Gasteiger partial charge on any atom is 0.257 e. The summed E-state index contributed by atoms with van der Waals surface area (Å²) in [6.07, 6.45) is 4.87. The average Bonchev–Trinajstić information content (AvgIpc) is 3.14. The molecule has 120 valence electrons. The number of furan rings is 1. The van der Waals surface area contributed by atoms with Gasteiger partial charge in [0, 0.05) is 6.20 Å². The second-order valence-electron chi connectivity index (χ2n) is 4.97. The number of nitrogens with zero attached hydrogens (tertiary/aromatic N) is 1. The Balaban J connectivity index is 1.97. The molecule has 0 bridgehead atoms. The van der Waals surface area contributed by atoms with E-state index in [1.165, 1.54) is 0 Å². The summed E-state index contributed by atoms with van der Waals surface area (Å²) in [6.45, 7) is 0. The van der Waals surface area contributed by atoms with E-state index < -0.39 is 0 Å². The molecule has 5 heteroatoms. The molecule has 1 aromatic carbocycles. The van der Waals surface area contributed by atoms with Crippen molar-refractivity contribution in [3.63, 3.8) is 0 Å². The quantitative estimate of drug-likeness (QED) is 0.725. The van der Waals surface area contributed by atoms with E-state index in [0.29, 0.717) is 22.9 Å². The summed E-state index contributed by atoms with van der Waals surface area (Å²) in [7, 11) is 1.59. The van der Waals surface area contributed by atoms with Crippen molar-refractivity contribution in [2.24, 2.45) is 0 Å². The van der Waals surface area contributed by atoms with Crippen molar-refractivity contribution >= 4 is 23.4 Å². The molecular formula is C19H16N2O3. The van der Waals surface area contributed by atoms with Gasteiger partial charge in [-0.15, -0.1) is 0 Å². The molecule has 3 rings (SSSR count). The van der Waals surface area contributed by atoms with Crippen molar-refractivity contribution in [3.05, 3.63) is 78.4 Å². The van der Waals surface area contributed by atoms with Gasteiger partial charge in [-0.3, -0.25) is 4.79 Å². The van der Waals surface area contributed by atoms with E-state index in [1.807, 2.05) is 24.3 Å². The van der Waals surface area contributed by atoms with Gasteiger partial charge in [-0.1, -0.05) is 18.2 Å². The van der Waals surface area contributed by atoms with Crippen LogP contribution in [0.1, 0.15) is 11.3 Å². The Hall–Kier alpha value is -3.34. The number of hydrogen-bond acceptors (Lipinski definition) is 4. The number of aromatic nitrogens is 1. The lowest BCUT2D eigenvalue weighted by atomic mass is 10.0. The van der Waals surface area contributed by atoms with E-state index in [4.69, 9.17) is 9.15 Å². The third-order valence-corrected chi connectivity index (χ3v) is 3.36. The summed E-state index contributed by atoms with van der Waals surface area (Å²) in [6, 6.07) is 16.2. The summed E-state index contributed by atoms with van der Waals surface area (Å²) < 4.78 is 10.6. The summed E-state index contributed by atoms with van der Waals surface area (Å²) in [5.41, 5.74) is 1.17. The van der Waals surface area contributed by atoms with Crippen molar-refractivity contribution in [2.75, 3.05) is 12.4 Å². The number of carbonyl (C=O) groups is 1. The zero-order valence-electron chi connectivity index (χ0n) is 13.1. The molecule has 0 radical (unpaired) electrons. The molecule has 0 aliphatic carbocycles. The predicted octanol–water partition coefficient (Wildman–Crippen LogP) is 3.86. The van der Waals surface area contributed by atoms with Crippen LogP contribution in [0.15, 0.2) is 71.5 Å². The normalized spacial score (nSPS) is 11.1. The van der Waals surface area contributed by atoms with Gasteiger partial charge in [-0.2, -0.15) is 0 Å². The zero-order chi connectivity index (χ0) is 16.8. The number of nitrogens with one attached hydrogen (secondary N) is 1. The second-order valence-corrected chi connectivity index (χ2v) is 4.97. The minimum atomic E-state index is -0.279. The molecule has 0 spiro atoms. The molecule has 2 aromatic heterocycles. The maximum atomic E-state index is 12.7. The topological polar surface area (TPSA) is 64.4 Å². The fourth-order valence-corrected chi connectivity index (χ4v) is 2.21. The molecular weight excluding hydrogens is 304 g/mol. The molecule has 0 aliphatic heterocycles. The van der Waals surface area contributed by atoms with Crippen molar-refractivity contribution in [3.8, 4) is 5.75 Å². The summed E-state index contributed by atoms with van der Waals surface area (Å²) in [4.78, 5) is 16.9. The highest BCUT2D eigenvalue weighted by Gasteiger charge is 2.14. The zero-order valence-corrected chi connectivity index (χ0v) is 13.1. The Labute approximate surface area is 139 Å². The van der Waals surface area contributed by atoms with Crippen molar-refractivity contribution in [1.29, 1.82) is 0 Å². The summed E-state index contributed by atoms with van der Waals surface area (Å²) >= 11 is 0. The maximum absolute atomic E-state index is 12.7.